The van der Waals surface area contributed by atoms with Gasteiger partial charge in [-0.2, -0.15) is 0 Å². The molecule has 3 aliphatic rings. The molecule has 0 saturated heterocycles. The Labute approximate surface area is 156 Å². The maximum absolute atomic E-state index is 12.6. The average Bonchev–Trinajstić information content (AvgIpc) is 3.36. The molecule has 2 aromatic rings. The molecule has 0 N–H and O–H groups in total. The number of rotatable bonds is 1. The van der Waals surface area contributed by atoms with Gasteiger partial charge in [0.2, 0.25) is 0 Å². The number of Topliss-reactive ketones (excluding diaryl/α,β-unsaturated/α-hetero) is 2. The van der Waals surface area contributed by atoms with Crippen LogP contribution in [0.2, 0.25) is 5.02 Å². The van der Waals surface area contributed by atoms with Crippen molar-refractivity contribution >= 4 is 28.9 Å². The molecule has 1 saturated carbocycles. The molecule has 128 valence electrons. The van der Waals surface area contributed by atoms with Crippen molar-refractivity contribution in [3.8, 4) is 0 Å². The van der Waals surface area contributed by atoms with E-state index in [0.717, 1.165) is 29.2 Å². The summed E-state index contributed by atoms with van der Waals surface area (Å²) in [5.41, 5.74) is 4.73. The lowest BCUT2D eigenvalue weighted by atomic mass is 9.95. The smallest absolute Gasteiger partial charge is 0.197 e. The third-order valence-electron chi connectivity index (χ3n) is 5.75. The standard InChI is InChI=1S/C22H16ClNO2/c1-24-18-8-6-13(23)12-17(18)22(10-11-22)19(24)9-7-16-20(25)14-4-2-3-5-15(14)21(16)26/h2-9,12H,10-11H2,1H3/b19-9+. The summed E-state index contributed by atoms with van der Waals surface area (Å²) in [6.07, 6.45) is 5.76. The van der Waals surface area contributed by atoms with Crippen molar-refractivity contribution < 1.29 is 9.59 Å². The fourth-order valence-electron chi connectivity index (χ4n) is 4.28. The second-order valence-electron chi connectivity index (χ2n) is 7.14. The largest absolute Gasteiger partial charge is 0.347 e. The van der Waals surface area contributed by atoms with Gasteiger partial charge >= 0.3 is 0 Å². The molecule has 26 heavy (non-hydrogen) atoms. The summed E-state index contributed by atoms with van der Waals surface area (Å²) in [5, 5.41) is 0.736. The maximum Gasteiger partial charge on any atom is 0.197 e. The molecule has 0 unspecified atom stereocenters. The Balaban J connectivity index is 1.58. The maximum atomic E-state index is 12.6. The molecule has 0 atom stereocenters. The number of nitrogens with zero attached hydrogens (tertiary/aromatic N) is 1. The molecule has 4 heteroatoms. The quantitative estimate of drug-likeness (QED) is 0.545. The first-order chi connectivity index (χ1) is 12.5. The van der Waals surface area contributed by atoms with Gasteiger partial charge < -0.3 is 4.90 Å². The van der Waals surface area contributed by atoms with E-state index in [-0.39, 0.29) is 22.6 Å². The van der Waals surface area contributed by atoms with Crippen LogP contribution in [-0.4, -0.2) is 18.6 Å². The lowest BCUT2D eigenvalue weighted by Gasteiger charge is -2.17. The highest BCUT2D eigenvalue weighted by atomic mass is 35.5. The minimum Gasteiger partial charge on any atom is -0.347 e. The van der Waals surface area contributed by atoms with Gasteiger partial charge in [-0.15, -0.1) is 0 Å². The van der Waals surface area contributed by atoms with Gasteiger partial charge in [0.05, 0.1) is 5.57 Å². The number of halogens is 1. The lowest BCUT2D eigenvalue weighted by Crippen LogP contribution is -2.16. The highest BCUT2D eigenvalue weighted by Crippen LogP contribution is 2.62. The number of allylic oxidation sites excluding steroid dienone is 4. The van der Waals surface area contributed by atoms with Gasteiger partial charge in [0.1, 0.15) is 0 Å². The van der Waals surface area contributed by atoms with Crippen molar-refractivity contribution in [2.24, 2.45) is 0 Å². The Morgan fingerprint density at radius 2 is 1.65 bits per heavy atom. The molecule has 1 spiro atoms. The highest BCUT2D eigenvalue weighted by molar-refractivity contribution is 6.39. The van der Waals surface area contributed by atoms with Gasteiger partial charge in [0.15, 0.2) is 11.6 Å². The molecule has 0 radical (unpaired) electrons. The number of hydrogen-bond donors (Lipinski definition) is 0. The fraction of sp³-hybridized carbons (Fsp3) is 0.182. The van der Waals surface area contributed by atoms with Crippen LogP contribution < -0.4 is 4.90 Å². The molecule has 2 aliphatic carbocycles. The number of carbonyl (C=O) groups excluding carboxylic acids is 2. The zero-order valence-electron chi connectivity index (χ0n) is 14.3. The predicted molar refractivity (Wildman–Crippen MR) is 102 cm³/mol. The van der Waals surface area contributed by atoms with E-state index in [1.165, 1.54) is 5.56 Å². The molecule has 0 aromatic heterocycles. The molecule has 2 aromatic carbocycles. The normalized spacial score (nSPS) is 20.8. The Morgan fingerprint density at radius 3 is 2.27 bits per heavy atom. The zero-order valence-corrected chi connectivity index (χ0v) is 15.0. The van der Waals surface area contributed by atoms with Crippen LogP contribution in [0.5, 0.6) is 0 Å². The van der Waals surface area contributed by atoms with Crippen molar-refractivity contribution in [3.05, 3.63) is 87.6 Å². The van der Waals surface area contributed by atoms with Crippen LogP contribution in [0.3, 0.4) is 0 Å². The van der Waals surface area contributed by atoms with Crippen molar-refractivity contribution in [3.63, 3.8) is 0 Å². The van der Waals surface area contributed by atoms with E-state index in [4.69, 9.17) is 11.6 Å². The molecule has 5 rings (SSSR count). The number of carbonyl (C=O) groups is 2. The van der Waals surface area contributed by atoms with Crippen molar-refractivity contribution in [2.45, 2.75) is 18.3 Å². The average molecular weight is 362 g/mol. The molecule has 1 fully saturated rings. The summed E-state index contributed by atoms with van der Waals surface area (Å²) in [6.45, 7) is 0. The van der Waals surface area contributed by atoms with Crippen LogP contribution in [0.15, 0.2) is 65.9 Å². The van der Waals surface area contributed by atoms with E-state index in [0.29, 0.717) is 11.1 Å². The van der Waals surface area contributed by atoms with E-state index >= 15 is 0 Å². The molecule has 3 nitrogen and oxygen atoms in total. The van der Waals surface area contributed by atoms with E-state index in [1.807, 2.05) is 31.3 Å². The third kappa shape index (κ3) is 1.95. The molecule has 0 bridgehead atoms. The highest BCUT2D eigenvalue weighted by Gasteiger charge is 2.54. The van der Waals surface area contributed by atoms with Crippen LogP contribution in [0, 0.1) is 0 Å². The van der Waals surface area contributed by atoms with E-state index < -0.39 is 0 Å². The molecular weight excluding hydrogens is 346 g/mol. The number of ketones is 2. The van der Waals surface area contributed by atoms with Gasteiger partial charge in [-0.1, -0.05) is 35.9 Å². The fourth-order valence-corrected chi connectivity index (χ4v) is 4.45. The first-order valence-electron chi connectivity index (χ1n) is 8.67. The summed E-state index contributed by atoms with van der Waals surface area (Å²) >= 11 is 6.21. The first-order valence-corrected chi connectivity index (χ1v) is 9.05. The molecular formula is C22H16ClNO2. The number of hydrogen-bond acceptors (Lipinski definition) is 3. The summed E-state index contributed by atoms with van der Waals surface area (Å²) < 4.78 is 0. The first kappa shape index (κ1) is 15.6. The van der Waals surface area contributed by atoms with E-state index in [1.54, 1.807) is 30.3 Å². The lowest BCUT2D eigenvalue weighted by molar-refractivity contribution is 0.0989. The van der Waals surface area contributed by atoms with Gasteiger partial charge in [-0.3, -0.25) is 9.59 Å². The van der Waals surface area contributed by atoms with Gasteiger partial charge in [-0.25, -0.2) is 0 Å². The van der Waals surface area contributed by atoms with Crippen molar-refractivity contribution in [2.75, 3.05) is 11.9 Å². The summed E-state index contributed by atoms with van der Waals surface area (Å²) in [6, 6.07) is 13.0. The number of fused-ring (bicyclic) bond motifs is 3. The molecule has 1 heterocycles. The Bertz CT molecular complexity index is 1020. The Hall–Kier alpha value is -2.65. The van der Waals surface area contributed by atoms with E-state index in [2.05, 4.69) is 4.90 Å². The monoisotopic (exact) mass is 361 g/mol. The zero-order chi connectivity index (χ0) is 18.1. The van der Waals surface area contributed by atoms with Crippen LogP contribution in [0.4, 0.5) is 5.69 Å². The van der Waals surface area contributed by atoms with Crippen LogP contribution in [0.1, 0.15) is 39.1 Å². The molecule has 1 aliphatic heterocycles. The van der Waals surface area contributed by atoms with Crippen LogP contribution in [-0.2, 0) is 5.41 Å². The second-order valence-corrected chi connectivity index (χ2v) is 7.58. The van der Waals surface area contributed by atoms with E-state index in [9.17, 15) is 9.59 Å². The van der Waals surface area contributed by atoms with Gasteiger partial charge in [-0.05, 0) is 48.8 Å². The van der Waals surface area contributed by atoms with Crippen LogP contribution in [0.25, 0.3) is 0 Å². The minimum atomic E-state index is -0.187. The Morgan fingerprint density at radius 1 is 1.00 bits per heavy atom. The Kier molecular flexibility index (Phi) is 3.11. The van der Waals surface area contributed by atoms with Gasteiger partial charge in [0.25, 0.3) is 0 Å². The second kappa shape index (κ2) is 5.18. The third-order valence-corrected chi connectivity index (χ3v) is 5.99. The van der Waals surface area contributed by atoms with Crippen LogP contribution >= 0.6 is 11.6 Å². The summed E-state index contributed by atoms with van der Waals surface area (Å²) in [7, 11) is 2.02. The summed E-state index contributed by atoms with van der Waals surface area (Å²) in [5.74, 6) is -0.373. The summed E-state index contributed by atoms with van der Waals surface area (Å²) in [4.78, 5) is 27.3. The number of anilines is 1. The topological polar surface area (TPSA) is 37.4 Å². The SMILES string of the molecule is CN1/C(=C/C=C2C(=O)c3ccccc3C2=O)C2(CC2)c2cc(Cl)ccc21. The van der Waals surface area contributed by atoms with Gasteiger partial charge in [0, 0.05) is 40.0 Å². The number of benzene rings is 2. The molecule has 0 amide bonds. The number of likely N-dealkylation sites (N-methyl/N-ethyl adjacent to an activating group) is 1. The minimum absolute atomic E-state index is 0.0242. The predicted octanol–water partition coefficient (Wildman–Crippen LogP) is 4.71. The van der Waals surface area contributed by atoms with Crippen molar-refractivity contribution in [1.29, 1.82) is 0 Å². The van der Waals surface area contributed by atoms with Crippen molar-refractivity contribution in [1.82, 2.24) is 0 Å².